The van der Waals surface area contributed by atoms with Gasteiger partial charge in [-0.2, -0.15) is 5.10 Å². The van der Waals surface area contributed by atoms with Gasteiger partial charge in [-0.15, -0.1) is 0 Å². The molecule has 0 saturated heterocycles. The number of aromatic amines is 1. The molecule has 1 fully saturated rings. The van der Waals surface area contributed by atoms with Crippen LogP contribution >= 0.6 is 0 Å². The Balaban J connectivity index is 1.44. The third-order valence-electron chi connectivity index (χ3n) is 6.08. The van der Waals surface area contributed by atoms with E-state index in [0.717, 1.165) is 18.5 Å². The van der Waals surface area contributed by atoms with Crippen molar-refractivity contribution in [3.8, 4) is 0 Å². The number of carbonyl (C=O) groups excluding carboxylic acids is 1. The number of pyridine rings is 1. The van der Waals surface area contributed by atoms with Crippen LogP contribution in [-0.4, -0.2) is 30.1 Å². The molecule has 1 aliphatic carbocycles. The molecule has 8 nitrogen and oxygen atoms in total. The van der Waals surface area contributed by atoms with E-state index in [2.05, 4.69) is 20.5 Å². The fourth-order valence-corrected chi connectivity index (χ4v) is 4.42. The van der Waals surface area contributed by atoms with Gasteiger partial charge in [0.25, 0.3) is 11.5 Å². The quantitative estimate of drug-likeness (QED) is 0.510. The molecule has 0 unspecified atom stereocenters. The number of anilines is 1. The summed E-state index contributed by atoms with van der Waals surface area (Å²) in [4.78, 5) is 30.3. The first-order chi connectivity index (χ1) is 14.6. The van der Waals surface area contributed by atoms with Crippen LogP contribution in [-0.2, 0) is 7.05 Å². The fraction of sp³-hybridized carbons (Fsp3) is 0.364. The van der Waals surface area contributed by atoms with Crippen molar-refractivity contribution >= 4 is 28.4 Å². The zero-order chi connectivity index (χ0) is 20.7. The van der Waals surface area contributed by atoms with Crippen molar-refractivity contribution in [2.75, 3.05) is 5.32 Å². The van der Waals surface area contributed by atoms with E-state index >= 15 is 0 Å². The summed E-state index contributed by atoms with van der Waals surface area (Å²) in [6, 6.07) is 8.90. The third kappa shape index (κ3) is 3.18. The highest BCUT2D eigenvalue weighted by atomic mass is 16.2. The van der Waals surface area contributed by atoms with Crippen molar-refractivity contribution in [1.82, 2.24) is 24.1 Å². The van der Waals surface area contributed by atoms with Crippen molar-refractivity contribution in [2.24, 2.45) is 7.05 Å². The second kappa shape index (κ2) is 7.44. The standard InChI is InChI=1S/C22H24N6O2/c1-27-17(12-15-20(27)24-19-10-6-7-11-28(19)22(15)30)21(29)23-18-13-16(25-26-18)14-8-4-2-3-5-9-14/h6-7,10-14H,2-5,8-9H2,1H3,(H2,23,25,26,29). The smallest absolute Gasteiger partial charge is 0.273 e. The highest BCUT2D eigenvalue weighted by Crippen LogP contribution is 2.31. The van der Waals surface area contributed by atoms with Gasteiger partial charge in [0.1, 0.15) is 17.0 Å². The molecule has 0 bridgehead atoms. The average Bonchev–Trinajstić information content (AvgIpc) is 3.23. The Labute approximate surface area is 172 Å². The summed E-state index contributed by atoms with van der Waals surface area (Å²) < 4.78 is 3.13. The molecule has 30 heavy (non-hydrogen) atoms. The van der Waals surface area contributed by atoms with Gasteiger partial charge in [-0.25, -0.2) is 4.98 Å². The van der Waals surface area contributed by atoms with Gasteiger partial charge in [-0.1, -0.05) is 31.7 Å². The van der Waals surface area contributed by atoms with E-state index in [0.29, 0.717) is 34.1 Å². The third-order valence-corrected chi connectivity index (χ3v) is 6.08. The lowest BCUT2D eigenvalue weighted by molar-refractivity contribution is 0.101. The first-order valence-electron chi connectivity index (χ1n) is 10.5. The summed E-state index contributed by atoms with van der Waals surface area (Å²) in [6.07, 6.45) is 9.03. The van der Waals surface area contributed by atoms with Crippen LogP contribution in [0.1, 0.15) is 60.6 Å². The van der Waals surface area contributed by atoms with Gasteiger partial charge in [-0.05, 0) is 31.0 Å². The Morgan fingerprint density at radius 3 is 2.77 bits per heavy atom. The summed E-state index contributed by atoms with van der Waals surface area (Å²) in [5.41, 5.74) is 2.28. The number of aromatic nitrogens is 5. The minimum absolute atomic E-state index is 0.194. The van der Waals surface area contributed by atoms with Gasteiger partial charge in [0, 0.05) is 30.9 Å². The molecule has 1 amide bonds. The molecule has 0 aliphatic heterocycles. The summed E-state index contributed by atoms with van der Waals surface area (Å²) >= 11 is 0. The maximum atomic E-state index is 12.9. The minimum Gasteiger partial charge on any atom is -0.324 e. The van der Waals surface area contributed by atoms with Crippen molar-refractivity contribution in [1.29, 1.82) is 0 Å². The summed E-state index contributed by atoms with van der Waals surface area (Å²) in [5.74, 6) is 0.655. The van der Waals surface area contributed by atoms with E-state index in [4.69, 9.17) is 0 Å². The Morgan fingerprint density at radius 2 is 1.97 bits per heavy atom. The predicted molar refractivity (Wildman–Crippen MR) is 115 cm³/mol. The van der Waals surface area contributed by atoms with E-state index < -0.39 is 0 Å². The first kappa shape index (κ1) is 18.6. The van der Waals surface area contributed by atoms with Crippen molar-refractivity contribution in [3.05, 3.63) is 58.3 Å². The number of hydrogen-bond donors (Lipinski definition) is 2. The topological polar surface area (TPSA) is 97.1 Å². The lowest BCUT2D eigenvalue weighted by Crippen LogP contribution is -2.16. The minimum atomic E-state index is -0.317. The van der Waals surface area contributed by atoms with E-state index in [1.165, 1.54) is 30.1 Å². The molecule has 4 aromatic heterocycles. The number of fused-ring (bicyclic) bond motifs is 2. The van der Waals surface area contributed by atoms with Crippen LogP contribution in [0.15, 0.2) is 41.3 Å². The molecule has 154 valence electrons. The number of nitrogens with zero attached hydrogens (tertiary/aromatic N) is 4. The summed E-state index contributed by atoms with van der Waals surface area (Å²) in [6.45, 7) is 0. The van der Waals surface area contributed by atoms with Crippen LogP contribution in [0, 0.1) is 0 Å². The largest absolute Gasteiger partial charge is 0.324 e. The molecule has 1 aliphatic rings. The molecule has 1 saturated carbocycles. The molecule has 8 heteroatoms. The zero-order valence-corrected chi connectivity index (χ0v) is 16.9. The van der Waals surface area contributed by atoms with Crippen LogP contribution in [0.25, 0.3) is 16.7 Å². The van der Waals surface area contributed by atoms with Crippen LogP contribution in [0.5, 0.6) is 0 Å². The van der Waals surface area contributed by atoms with Crippen LogP contribution in [0.3, 0.4) is 0 Å². The fourth-order valence-electron chi connectivity index (χ4n) is 4.42. The SMILES string of the molecule is Cn1c(C(=O)Nc2cc(C3CCCCCC3)[nH]n2)cc2c(=O)n3ccccc3nc21. The molecule has 0 radical (unpaired) electrons. The number of rotatable bonds is 3. The van der Waals surface area contributed by atoms with Gasteiger partial charge >= 0.3 is 0 Å². The summed E-state index contributed by atoms with van der Waals surface area (Å²) in [7, 11) is 1.74. The van der Waals surface area contributed by atoms with E-state index in [1.54, 1.807) is 36.0 Å². The Hall–Kier alpha value is -3.42. The van der Waals surface area contributed by atoms with E-state index in [1.807, 2.05) is 12.1 Å². The molecule has 2 N–H and O–H groups in total. The molecule has 0 atom stereocenters. The van der Waals surface area contributed by atoms with Gasteiger partial charge in [-0.3, -0.25) is 19.1 Å². The molecule has 4 heterocycles. The number of aryl methyl sites for hydroxylation is 1. The van der Waals surface area contributed by atoms with Crippen LogP contribution in [0.4, 0.5) is 5.82 Å². The Bertz CT molecular complexity index is 1290. The Kier molecular flexibility index (Phi) is 4.61. The first-order valence-corrected chi connectivity index (χ1v) is 10.5. The number of nitrogens with one attached hydrogen (secondary N) is 2. The zero-order valence-electron chi connectivity index (χ0n) is 16.9. The lowest BCUT2D eigenvalue weighted by atomic mass is 9.97. The molecule has 5 rings (SSSR count). The van der Waals surface area contributed by atoms with Gasteiger partial charge in [0.15, 0.2) is 5.82 Å². The maximum absolute atomic E-state index is 12.9. The predicted octanol–water partition coefficient (Wildman–Crippen LogP) is 3.60. The monoisotopic (exact) mass is 404 g/mol. The maximum Gasteiger partial charge on any atom is 0.273 e. The average molecular weight is 404 g/mol. The molecule has 0 spiro atoms. The van der Waals surface area contributed by atoms with Gasteiger partial charge in [0.2, 0.25) is 0 Å². The molecule has 0 aromatic carbocycles. The lowest BCUT2D eigenvalue weighted by Gasteiger charge is -2.10. The number of H-pyrrole nitrogens is 1. The molecular weight excluding hydrogens is 380 g/mol. The van der Waals surface area contributed by atoms with Crippen LogP contribution in [0.2, 0.25) is 0 Å². The Morgan fingerprint density at radius 1 is 1.17 bits per heavy atom. The van der Waals surface area contributed by atoms with Crippen molar-refractivity contribution in [3.63, 3.8) is 0 Å². The second-order valence-electron chi connectivity index (χ2n) is 8.02. The van der Waals surface area contributed by atoms with Crippen molar-refractivity contribution in [2.45, 2.75) is 44.4 Å². The van der Waals surface area contributed by atoms with Gasteiger partial charge < -0.3 is 9.88 Å². The van der Waals surface area contributed by atoms with E-state index in [-0.39, 0.29) is 11.5 Å². The molecular formula is C22H24N6O2. The highest BCUT2D eigenvalue weighted by molar-refractivity contribution is 6.05. The van der Waals surface area contributed by atoms with Crippen molar-refractivity contribution < 1.29 is 4.79 Å². The van der Waals surface area contributed by atoms with Gasteiger partial charge in [0.05, 0.1) is 5.39 Å². The number of hydrogen-bond acceptors (Lipinski definition) is 4. The van der Waals surface area contributed by atoms with Crippen LogP contribution < -0.4 is 10.9 Å². The number of amides is 1. The summed E-state index contributed by atoms with van der Waals surface area (Å²) in [5, 5.41) is 10.6. The molecule has 4 aromatic rings. The second-order valence-corrected chi connectivity index (χ2v) is 8.02. The highest BCUT2D eigenvalue weighted by Gasteiger charge is 2.20. The normalized spacial score (nSPS) is 15.5. The van der Waals surface area contributed by atoms with E-state index in [9.17, 15) is 9.59 Å². The number of carbonyl (C=O) groups is 1.